The molecule has 1 aliphatic rings. The topological polar surface area (TPSA) is 125 Å². The van der Waals surface area contributed by atoms with E-state index in [0.29, 0.717) is 35.1 Å². The molecule has 1 fully saturated rings. The number of likely N-dealkylation sites (tertiary alicyclic amines) is 1. The molecule has 168 valence electrons. The second kappa shape index (κ2) is 9.54. The molecule has 3 aromatic rings. The number of carbonyl (C=O) groups is 1. The maximum absolute atomic E-state index is 11.1. The first-order valence-corrected chi connectivity index (χ1v) is 10.9. The summed E-state index contributed by atoms with van der Waals surface area (Å²) in [5.41, 5.74) is 9.70. The number of aryl methyl sites for hydroxylation is 2. The zero-order valence-electron chi connectivity index (χ0n) is 18.2. The standard InChI is InChI=1S/C22H27ClN8O/c1-13-9-16(3-4-17(13)15-5-7-31(8-6-15)12-19(24)32)26-22-25-11-18(23)21(28-22)27-20-10-14(2)29-30-20/h3-4,9-11,15H,5-8,12H2,1-2H3,(H2,24,32)(H3,25,26,27,28,29,30). The number of aromatic nitrogens is 4. The number of aromatic amines is 1. The number of rotatable bonds is 7. The summed E-state index contributed by atoms with van der Waals surface area (Å²) in [4.78, 5) is 22.0. The molecule has 0 spiro atoms. The quantitative estimate of drug-likeness (QED) is 0.429. The monoisotopic (exact) mass is 454 g/mol. The number of carbonyl (C=O) groups excluding carboxylic acids is 1. The largest absolute Gasteiger partial charge is 0.369 e. The van der Waals surface area contributed by atoms with E-state index in [1.165, 1.54) is 11.1 Å². The maximum atomic E-state index is 11.1. The number of halogens is 1. The fourth-order valence-electron chi connectivity index (χ4n) is 4.08. The Balaban J connectivity index is 1.43. The van der Waals surface area contributed by atoms with Gasteiger partial charge in [0, 0.05) is 17.4 Å². The van der Waals surface area contributed by atoms with Crippen LogP contribution in [0.15, 0.2) is 30.5 Å². The smallest absolute Gasteiger partial charge is 0.231 e. The van der Waals surface area contributed by atoms with Crippen LogP contribution >= 0.6 is 11.6 Å². The summed E-state index contributed by atoms with van der Waals surface area (Å²) in [5.74, 6) is 1.77. The first kappa shape index (κ1) is 22.0. The number of piperidine rings is 1. The molecule has 0 unspecified atom stereocenters. The van der Waals surface area contributed by atoms with Gasteiger partial charge in [-0.3, -0.25) is 14.8 Å². The van der Waals surface area contributed by atoms with Gasteiger partial charge in [0.25, 0.3) is 0 Å². The number of benzene rings is 1. The van der Waals surface area contributed by atoms with Crippen molar-refractivity contribution in [3.8, 4) is 0 Å². The van der Waals surface area contributed by atoms with E-state index in [2.05, 4.69) is 54.8 Å². The fourth-order valence-corrected chi connectivity index (χ4v) is 4.22. The van der Waals surface area contributed by atoms with E-state index in [1.807, 2.05) is 19.1 Å². The Morgan fingerprint density at radius 2 is 2.03 bits per heavy atom. The van der Waals surface area contributed by atoms with Crippen molar-refractivity contribution in [3.63, 3.8) is 0 Å². The second-order valence-electron chi connectivity index (χ2n) is 8.16. The first-order chi connectivity index (χ1) is 15.4. The number of hydrogen-bond donors (Lipinski definition) is 4. The molecule has 1 amide bonds. The van der Waals surface area contributed by atoms with Crippen molar-refractivity contribution in [1.82, 2.24) is 25.1 Å². The molecule has 10 heteroatoms. The molecule has 1 saturated heterocycles. The Morgan fingerprint density at radius 1 is 1.25 bits per heavy atom. The highest BCUT2D eigenvalue weighted by molar-refractivity contribution is 6.32. The van der Waals surface area contributed by atoms with Crippen molar-refractivity contribution >= 4 is 40.8 Å². The van der Waals surface area contributed by atoms with Gasteiger partial charge in [0.2, 0.25) is 11.9 Å². The average molecular weight is 455 g/mol. The third kappa shape index (κ3) is 5.35. The molecular weight excluding hydrogens is 428 g/mol. The summed E-state index contributed by atoms with van der Waals surface area (Å²) in [7, 11) is 0. The molecule has 4 rings (SSSR count). The number of amides is 1. The maximum Gasteiger partial charge on any atom is 0.231 e. The van der Waals surface area contributed by atoms with Crippen molar-refractivity contribution in [2.75, 3.05) is 30.3 Å². The van der Waals surface area contributed by atoms with Crippen molar-refractivity contribution in [3.05, 3.63) is 52.3 Å². The number of hydrogen-bond acceptors (Lipinski definition) is 7. The molecule has 9 nitrogen and oxygen atoms in total. The van der Waals surface area contributed by atoms with Crippen LogP contribution in [0.3, 0.4) is 0 Å². The lowest BCUT2D eigenvalue weighted by molar-refractivity contribution is -0.119. The highest BCUT2D eigenvalue weighted by atomic mass is 35.5. The molecule has 0 atom stereocenters. The predicted molar refractivity (Wildman–Crippen MR) is 126 cm³/mol. The van der Waals surface area contributed by atoms with Gasteiger partial charge in [0.05, 0.1) is 12.7 Å². The molecule has 5 N–H and O–H groups in total. The Labute approximate surface area is 191 Å². The van der Waals surface area contributed by atoms with Crippen LogP contribution in [-0.4, -0.2) is 50.6 Å². The number of H-pyrrole nitrogens is 1. The normalized spacial score (nSPS) is 15.0. The second-order valence-corrected chi connectivity index (χ2v) is 8.57. The Kier molecular flexibility index (Phi) is 6.57. The minimum absolute atomic E-state index is 0.266. The van der Waals surface area contributed by atoms with Crippen molar-refractivity contribution in [2.24, 2.45) is 5.73 Å². The van der Waals surface area contributed by atoms with Crippen LogP contribution in [0.25, 0.3) is 0 Å². The van der Waals surface area contributed by atoms with E-state index in [0.717, 1.165) is 37.3 Å². The highest BCUT2D eigenvalue weighted by Crippen LogP contribution is 2.32. The minimum Gasteiger partial charge on any atom is -0.369 e. The highest BCUT2D eigenvalue weighted by Gasteiger charge is 2.22. The molecule has 0 aliphatic carbocycles. The van der Waals surface area contributed by atoms with Crippen LogP contribution in [0, 0.1) is 13.8 Å². The molecule has 0 radical (unpaired) electrons. The third-order valence-corrected chi connectivity index (χ3v) is 5.91. The Morgan fingerprint density at radius 3 is 2.69 bits per heavy atom. The van der Waals surface area contributed by atoms with E-state index in [4.69, 9.17) is 17.3 Å². The Bertz CT molecular complexity index is 1110. The molecule has 3 heterocycles. The summed E-state index contributed by atoms with van der Waals surface area (Å²) in [6, 6.07) is 8.17. The summed E-state index contributed by atoms with van der Waals surface area (Å²) in [6.45, 7) is 6.15. The van der Waals surface area contributed by atoms with Crippen LogP contribution in [0.1, 0.15) is 35.6 Å². The van der Waals surface area contributed by atoms with Gasteiger partial charge in [-0.15, -0.1) is 0 Å². The summed E-state index contributed by atoms with van der Waals surface area (Å²) < 4.78 is 0. The SMILES string of the molecule is Cc1cc(Nc2nc(Nc3ccc(C4CCN(CC(N)=O)CC4)c(C)c3)ncc2Cl)n[nH]1. The van der Waals surface area contributed by atoms with E-state index >= 15 is 0 Å². The number of nitrogens with two attached hydrogens (primary N) is 1. The van der Waals surface area contributed by atoms with Gasteiger partial charge in [0.15, 0.2) is 11.6 Å². The number of nitrogens with one attached hydrogen (secondary N) is 3. The van der Waals surface area contributed by atoms with Crippen LogP contribution < -0.4 is 16.4 Å². The number of anilines is 4. The van der Waals surface area contributed by atoms with Gasteiger partial charge >= 0.3 is 0 Å². The molecule has 32 heavy (non-hydrogen) atoms. The predicted octanol–water partition coefficient (Wildman–Crippen LogP) is 3.62. The van der Waals surface area contributed by atoms with E-state index < -0.39 is 0 Å². The third-order valence-electron chi connectivity index (χ3n) is 5.63. The molecule has 2 aromatic heterocycles. The van der Waals surface area contributed by atoms with Gasteiger partial charge in [-0.25, -0.2) is 4.98 Å². The zero-order chi connectivity index (χ0) is 22.7. The summed E-state index contributed by atoms with van der Waals surface area (Å²) >= 11 is 6.24. The lowest BCUT2D eigenvalue weighted by Crippen LogP contribution is -2.39. The molecule has 1 aliphatic heterocycles. The van der Waals surface area contributed by atoms with Crippen molar-refractivity contribution < 1.29 is 4.79 Å². The zero-order valence-corrected chi connectivity index (χ0v) is 18.9. The summed E-state index contributed by atoms with van der Waals surface area (Å²) in [5, 5.41) is 13.8. The van der Waals surface area contributed by atoms with Gasteiger partial charge in [0.1, 0.15) is 5.02 Å². The van der Waals surface area contributed by atoms with Gasteiger partial charge < -0.3 is 16.4 Å². The molecular formula is C22H27ClN8O. The van der Waals surface area contributed by atoms with E-state index in [-0.39, 0.29) is 5.91 Å². The van der Waals surface area contributed by atoms with E-state index in [9.17, 15) is 4.79 Å². The lowest BCUT2D eigenvalue weighted by atomic mass is 9.86. The molecule has 0 saturated carbocycles. The summed E-state index contributed by atoms with van der Waals surface area (Å²) in [6.07, 6.45) is 3.59. The number of primary amides is 1. The minimum atomic E-state index is -0.266. The van der Waals surface area contributed by atoms with Crippen LogP contribution in [0.5, 0.6) is 0 Å². The van der Waals surface area contributed by atoms with Crippen LogP contribution in [-0.2, 0) is 4.79 Å². The fraction of sp³-hybridized carbons (Fsp3) is 0.364. The van der Waals surface area contributed by atoms with Gasteiger partial charge in [-0.05, 0) is 69.0 Å². The lowest BCUT2D eigenvalue weighted by Gasteiger charge is -2.32. The van der Waals surface area contributed by atoms with Gasteiger partial charge in [-0.2, -0.15) is 10.1 Å². The van der Waals surface area contributed by atoms with Crippen LogP contribution in [0.2, 0.25) is 5.02 Å². The first-order valence-electron chi connectivity index (χ1n) is 10.6. The van der Waals surface area contributed by atoms with Crippen molar-refractivity contribution in [1.29, 1.82) is 0 Å². The molecule has 1 aromatic carbocycles. The Hall–Kier alpha value is -3.17. The van der Waals surface area contributed by atoms with Crippen LogP contribution in [0.4, 0.5) is 23.3 Å². The average Bonchev–Trinajstić information content (AvgIpc) is 3.16. The number of nitrogens with zero attached hydrogens (tertiary/aromatic N) is 4. The van der Waals surface area contributed by atoms with Crippen molar-refractivity contribution in [2.45, 2.75) is 32.6 Å². The van der Waals surface area contributed by atoms with E-state index in [1.54, 1.807) is 6.20 Å². The van der Waals surface area contributed by atoms with Gasteiger partial charge in [-0.1, -0.05) is 17.7 Å². The molecule has 0 bridgehead atoms.